The van der Waals surface area contributed by atoms with Crippen LogP contribution in [-0.2, 0) is 0 Å². The number of piperazine rings is 1. The molecule has 0 atom stereocenters. The van der Waals surface area contributed by atoms with E-state index in [9.17, 15) is 4.79 Å². The lowest BCUT2D eigenvalue weighted by Crippen LogP contribution is -2.47. The van der Waals surface area contributed by atoms with Crippen LogP contribution in [0.5, 0.6) is 5.75 Å². The number of methoxy groups -OCH3 is 1. The Kier molecular flexibility index (Phi) is 3.64. The van der Waals surface area contributed by atoms with Gasteiger partial charge in [0.2, 0.25) is 0 Å². The molecule has 1 aromatic carbocycles. The third-order valence-corrected chi connectivity index (χ3v) is 3.03. The average molecular weight is 233 g/mol. The van der Waals surface area contributed by atoms with E-state index in [4.69, 9.17) is 4.74 Å². The molecule has 0 unspecified atom stereocenters. The second kappa shape index (κ2) is 5.19. The van der Waals surface area contributed by atoms with Gasteiger partial charge in [0.1, 0.15) is 5.75 Å². The normalized spacial score (nSPS) is 16.9. The molecule has 1 fully saturated rings. The molecule has 0 N–H and O–H groups in total. The zero-order chi connectivity index (χ0) is 12.3. The van der Waals surface area contributed by atoms with Crippen LogP contribution in [-0.4, -0.2) is 56.0 Å². The van der Waals surface area contributed by atoms with E-state index in [1.807, 2.05) is 4.90 Å². The molecule has 1 heterocycles. The second-order valence-electron chi connectivity index (χ2n) is 4.24. The van der Waals surface area contributed by atoms with E-state index in [1.165, 1.54) is 0 Å². The summed E-state index contributed by atoms with van der Waals surface area (Å²) in [5, 5.41) is 0. The molecular weight excluding hydrogens is 216 g/mol. The van der Waals surface area contributed by atoms with E-state index < -0.39 is 0 Å². The molecule has 0 aromatic heterocycles. The third kappa shape index (κ3) is 2.77. The summed E-state index contributed by atoms with van der Waals surface area (Å²) in [6.07, 6.45) is 0. The Morgan fingerprint density at radius 2 is 2.06 bits per heavy atom. The summed E-state index contributed by atoms with van der Waals surface area (Å²) in [5.41, 5.74) is 0.671. The van der Waals surface area contributed by atoms with Crippen molar-refractivity contribution in [2.24, 2.45) is 0 Å². The van der Waals surface area contributed by atoms with Crippen LogP contribution in [0.1, 0.15) is 10.4 Å². The number of hydrogen-bond acceptors (Lipinski definition) is 3. The molecule has 91 valence electrons. The van der Waals surface area contributed by atoms with Crippen molar-refractivity contribution < 1.29 is 9.53 Å². The van der Waals surface area contributed by atoms with E-state index in [1.54, 1.807) is 25.3 Å². The Labute approximate surface area is 102 Å². The maximum absolute atomic E-state index is 12.2. The van der Waals surface area contributed by atoms with Gasteiger partial charge in [-0.3, -0.25) is 4.79 Å². The fourth-order valence-corrected chi connectivity index (χ4v) is 1.89. The van der Waals surface area contributed by atoms with Crippen molar-refractivity contribution in [1.82, 2.24) is 9.80 Å². The average Bonchev–Trinajstić information content (AvgIpc) is 2.39. The minimum Gasteiger partial charge on any atom is -0.496 e. The zero-order valence-electron chi connectivity index (χ0n) is 10.3. The molecule has 0 spiro atoms. The highest BCUT2D eigenvalue weighted by molar-refractivity contribution is 5.94. The summed E-state index contributed by atoms with van der Waals surface area (Å²) in [5.74, 6) is 0.676. The van der Waals surface area contributed by atoms with Crippen molar-refractivity contribution in [2.45, 2.75) is 0 Å². The molecule has 0 saturated carbocycles. The van der Waals surface area contributed by atoms with Gasteiger partial charge in [0, 0.05) is 37.8 Å². The highest BCUT2D eigenvalue weighted by Gasteiger charge is 2.20. The van der Waals surface area contributed by atoms with Crippen molar-refractivity contribution in [2.75, 3.05) is 40.3 Å². The monoisotopic (exact) mass is 233 g/mol. The fourth-order valence-electron chi connectivity index (χ4n) is 1.89. The van der Waals surface area contributed by atoms with E-state index in [0.717, 1.165) is 26.2 Å². The van der Waals surface area contributed by atoms with Crippen LogP contribution in [0.2, 0.25) is 0 Å². The number of carbonyl (C=O) groups is 1. The highest BCUT2D eigenvalue weighted by Crippen LogP contribution is 2.14. The van der Waals surface area contributed by atoms with E-state index in [2.05, 4.69) is 18.0 Å². The zero-order valence-corrected chi connectivity index (χ0v) is 10.3. The van der Waals surface area contributed by atoms with E-state index >= 15 is 0 Å². The Hall–Kier alpha value is -1.55. The number of carbonyl (C=O) groups excluding carboxylic acids is 1. The van der Waals surface area contributed by atoms with Crippen LogP contribution in [0.3, 0.4) is 0 Å². The minimum atomic E-state index is 0.0744. The van der Waals surface area contributed by atoms with Crippen molar-refractivity contribution in [1.29, 1.82) is 0 Å². The molecule has 1 saturated heterocycles. The van der Waals surface area contributed by atoms with Crippen molar-refractivity contribution >= 4 is 5.91 Å². The van der Waals surface area contributed by atoms with Gasteiger partial charge in [-0.05, 0) is 25.2 Å². The van der Waals surface area contributed by atoms with Crippen LogP contribution in [0.15, 0.2) is 18.2 Å². The molecule has 2 rings (SSSR count). The summed E-state index contributed by atoms with van der Waals surface area (Å²) in [7, 11) is 3.65. The number of nitrogens with zero attached hydrogens (tertiary/aromatic N) is 2. The van der Waals surface area contributed by atoms with Gasteiger partial charge in [-0.2, -0.15) is 0 Å². The van der Waals surface area contributed by atoms with Crippen molar-refractivity contribution in [3.63, 3.8) is 0 Å². The van der Waals surface area contributed by atoms with Crippen molar-refractivity contribution in [3.05, 3.63) is 29.8 Å². The van der Waals surface area contributed by atoms with Crippen molar-refractivity contribution in [3.8, 4) is 5.75 Å². The van der Waals surface area contributed by atoms with Gasteiger partial charge in [0.05, 0.1) is 7.11 Å². The molecule has 1 aliphatic rings. The summed E-state index contributed by atoms with van der Waals surface area (Å²) in [6.45, 7) is 3.44. The number of likely N-dealkylation sites (N-methyl/N-ethyl adjacent to an activating group) is 1. The molecule has 1 amide bonds. The first-order valence-corrected chi connectivity index (χ1v) is 5.74. The van der Waals surface area contributed by atoms with Gasteiger partial charge in [0.15, 0.2) is 0 Å². The summed E-state index contributed by atoms with van der Waals surface area (Å²) in [4.78, 5) is 16.3. The summed E-state index contributed by atoms with van der Waals surface area (Å²) in [6, 6.07) is 8.16. The standard InChI is InChI=1S/C13H17N2O2/c1-14-6-8-15(9-7-14)13(16)11-4-3-5-12(10-11)17-2/h3-4,10H,6-9H2,1-2H3. The maximum Gasteiger partial charge on any atom is 0.254 e. The molecule has 0 bridgehead atoms. The minimum absolute atomic E-state index is 0.0744. The summed E-state index contributed by atoms with van der Waals surface area (Å²) < 4.78 is 5.07. The number of hydrogen-bond donors (Lipinski definition) is 0. The number of benzene rings is 1. The van der Waals surface area contributed by atoms with Gasteiger partial charge in [-0.15, -0.1) is 0 Å². The van der Waals surface area contributed by atoms with E-state index in [0.29, 0.717) is 11.3 Å². The van der Waals surface area contributed by atoms with Crippen LogP contribution in [0, 0.1) is 6.07 Å². The molecule has 1 radical (unpaired) electrons. The molecule has 1 aliphatic heterocycles. The van der Waals surface area contributed by atoms with Gasteiger partial charge in [-0.25, -0.2) is 0 Å². The number of amides is 1. The lowest BCUT2D eigenvalue weighted by molar-refractivity contribution is 0.0664. The quantitative estimate of drug-likeness (QED) is 0.760. The topological polar surface area (TPSA) is 32.8 Å². The van der Waals surface area contributed by atoms with Crippen LogP contribution in [0.25, 0.3) is 0 Å². The maximum atomic E-state index is 12.2. The lowest BCUT2D eigenvalue weighted by atomic mass is 10.1. The third-order valence-electron chi connectivity index (χ3n) is 3.03. The molecule has 0 aliphatic carbocycles. The molecule has 4 heteroatoms. The smallest absolute Gasteiger partial charge is 0.254 e. The Bertz CT molecular complexity index is 398. The molecule has 4 nitrogen and oxygen atoms in total. The molecule has 17 heavy (non-hydrogen) atoms. The fraction of sp³-hybridized carbons (Fsp3) is 0.462. The lowest BCUT2D eigenvalue weighted by Gasteiger charge is -2.32. The Balaban J connectivity index is 2.08. The largest absolute Gasteiger partial charge is 0.496 e. The predicted molar refractivity (Wildman–Crippen MR) is 65.2 cm³/mol. The van der Waals surface area contributed by atoms with Crippen LogP contribution < -0.4 is 4.74 Å². The van der Waals surface area contributed by atoms with Crippen LogP contribution >= 0.6 is 0 Å². The molecule has 1 aromatic rings. The highest BCUT2D eigenvalue weighted by atomic mass is 16.5. The Morgan fingerprint density at radius 1 is 1.35 bits per heavy atom. The molecular formula is C13H17N2O2. The van der Waals surface area contributed by atoms with Gasteiger partial charge in [0.25, 0.3) is 5.91 Å². The van der Waals surface area contributed by atoms with Gasteiger partial charge in [-0.1, -0.05) is 0 Å². The first-order valence-electron chi connectivity index (χ1n) is 5.74. The van der Waals surface area contributed by atoms with E-state index in [-0.39, 0.29) is 5.91 Å². The predicted octanol–water partition coefficient (Wildman–Crippen LogP) is 0.883. The first-order chi connectivity index (χ1) is 8.20. The second-order valence-corrected chi connectivity index (χ2v) is 4.24. The number of rotatable bonds is 2. The van der Waals surface area contributed by atoms with Crippen LogP contribution in [0.4, 0.5) is 0 Å². The van der Waals surface area contributed by atoms with Gasteiger partial charge >= 0.3 is 0 Å². The Morgan fingerprint density at radius 3 is 2.71 bits per heavy atom. The summed E-state index contributed by atoms with van der Waals surface area (Å²) >= 11 is 0. The number of ether oxygens (including phenoxy) is 1. The first kappa shape index (κ1) is 11.9. The SMILES string of the molecule is COc1[c]ccc(C(=O)N2CCN(C)CC2)c1. The van der Waals surface area contributed by atoms with Gasteiger partial charge < -0.3 is 14.5 Å².